The van der Waals surface area contributed by atoms with Crippen molar-refractivity contribution in [2.24, 2.45) is 0 Å². The Kier molecular flexibility index (Phi) is 4.63. The first kappa shape index (κ1) is 16.6. The molecule has 1 aromatic heterocycles. The first-order valence-electron chi connectivity index (χ1n) is 7.30. The fourth-order valence-electron chi connectivity index (χ4n) is 2.46. The SMILES string of the molecule is COc1ccc(OC2CCN(S(=O)(=O)c3ccccc3F)C2)nn1. The van der Waals surface area contributed by atoms with E-state index in [2.05, 4.69) is 10.2 Å². The van der Waals surface area contributed by atoms with Gasteiger partial charge in [-0.15, -0.1) is 10.2 Å². The van der Waals surface area contributed by atoms with Crippen LogP contribution in [0.25, 0.3) is 0 Å². The van der Waals surface area contributed by atoms with Gasteiger partial charge >= 0.3 is 0 Å². The Morgan fingerprint density at radius 3 is 2.54 bits per heavy atom. The van der Waals surface area contributed by atoms with Gasteiger partial charge in [-0.3, -0.25) is 0 Å². The molecule has 1 atom stereocenters. The van der Waals surface area contributed by atoms with Crippen molar-refractivity contribution in [1.82, 2.24) is 14.5 Å². The van der Waals surface area contributed by atoms with Gasteiger partial charge in [0.15, 0.2) is 0 Å². The van der Waals surface area contributed by atoms with Crippen LogP contribution in [0.5, 0.6) is 11.8 Å². The smallest absolute Gasteiger partial charge is 0.246 e. The second-order valence-corrected chi connectivity index (χ2v) is 7.14. The van der Waals surface area contributed by atoms with Crippen LogP contribution in [0.1, 0.15) is 6.42 Å². The third-order valence-corrected chi connectivity index (χ3v) is 5.57. The molecule has 2 aromatic rings. The number of nitrogens with zero attached hydrogens (tertiary/aromatic N) is 3. The summed E-state index contributed by atoms with van der Waals surface area (Å²) in [4.78, 5) is -0.324. The van der Waals surface area contributed by atoms with Gasteiger partial charge in [0.1, 0.15) is 16.8 Å². The van der Waals surface area contributed by atoms with E-state index in [4.69, 9.17) is 9.47 Å². The van der Waals surface area contributed by atoms with Crippen LogP contribution < -0.4 is 9.47 Å². The summed E-state index contributed by atoms with van der Waals surface area (Å²) in [6.45, 7) is 0.384. The highest BCUT2D eigenvalue weighted by molar-refractivity contribution is 7.89. The van der Waals surface area contributed by atoms with Gasteiger partial charge in [-0.1, -0.05) is 12.1 Å². The molecule has 1 aliphatic rings. The van der Waals surface area contributed by atoms with Gasteiger partial charge in [-0.2, -0.15) is 4.31 Å². The van der Waals surface area contributed by atoms with E-state index in [1.165, 1.54) is 29.6 Å². The third kappa shape index (κ3) is 3.31. The molecule has 9 heteroatoms. The molecule has 0 radical (unpaired) electrons. The van der Waals surface area contributed by atoms with Crippen molar-refractivity contribution in [3.63, 3.8) is 0 Å². The van der Waals surface area contributed by atoms with E-state index in [1.807, 2.05) is 0 Å². The van der Waals surface area contributed by atoms with Crippen molar-refractivity contribution in [2.45, 2.75) is 17.4 Å². The molecule has 1 fully saturated rings. The minimum absolute atomic E-state index is 0.129. The number of rotatable bonds is 5. The molecule has 0 N–H and O–H groups in total. The molecule has 24 heavy (non-hydrogen) atoms. The number of methoxy groups -OCH3 is 1. The van der Waals surface area contributed by atoms with Gasteiger partial charge < -0.3 is 9.47 Å². The highest BCUT2D eigenvalue weighted by atomic mass is 32.2. The zero-order chi connectivity index (χ0) is 17.2. The number of halogens is 1. The molecule has 1 unspecified atom stereocenters. The van der Waals surface area contributed by atoms with Crippen LogP contribution in [-0.4, -0.2) is 49.2 Å². The van der Waals surface area contributed by atoms with Crippen molar-refractivity contribution in [3.05, 3.63) is 42.2 Å². The van der Waals surface area contributed by atoms with Gasteiger partial charge in [0.05, 0.1) is 13.7 Å². The predicted octanol–water partition coefficient (Wildman–Crippen LogP) is 1.47. The molecule has 1 saturated heterocycles. The summed E-state index contributed by atoms with van der Waals surface area (Å²) < 4.78 is 50.6. The quantitative estimate of drug-likeness (QED) is 0.810. The normalized spacial score (nSPS) is 18.5. The Morgan fingerprint density at radius 1 is 1.17 bits per heavy atom. The lowest BCUT2D eigenvalue weighted by atomic mass is 10.3. The maximum Gasteiger partial charge on any atom is 0.246 e. The average molecular weight is 353 g/mol. The summed E-state index contributed by atoms with van der Waals surface area (Å²) in [5.41, 5.74) is 0. The Bertz CT molecular complexity index is 814. The van der Waals surface area contributed by atoms with Gasteiger partial charge in [0, 0.05) is 18.7 Å². The third-order valence-electron chi connectivity index (χ3n) is 3.67. The molecule has 7 nitrogen and oxygen atoms in total. The Labute approximate surface area is 139 Å². The van der Waals surface area contributed by atoms with Crippen LogP contribution in [0.2, 0.25) is 0 Å². The van der Waals surface area contributed by atoms with E-state index in [-0.39, 0.29) is 30.0 Å². The van der Waals surface area contributed by atoms with E-state index < -0.39 is 15.8 Å². The molecule has 0 saturated carbocycles. The second-order valence-electron chi connectivity index (χ2n) is 5.24. The van der Waals surface area contributed by atoms with E-state index in [1.54, 1.807) is 12.1 Å². The van der Waals surface area contributed by atoms with E-state index in [9.17, 15) is 12.8 Å². The summed E-state index contributed by atoms with van der Waals surface area (Å²) in [5.74, 6) is -0.119. The molecule has 1 aromatic carbocycles. The lowest BCUT2D eigenvalue weighted by Gasteiger charge is -2.17. The molecule has 0 amide bonds. The fraction of sp³-hybridized carbons (Fsp3) is 0.333. The Hall–Kier alpha value is -2.26. The first-order valence-corrected chi connectivity index (χ1v) is 8.74. The van der Waals surface area contributed by atoms with Crippen LogP contribution >= 0.6 is 0 Å². The predicted molar refractivity (Wildman–Crippen MR) is 82.8 cm³/mol. The van der Waals surface area contributed by atoms with Crippen molar-refractivity contribution in [1.29, 1.82) is 0 Å². The molecule has 0 bridgehead atoms. The Balaban J connectivity index is 1.69. The number of ether oxygens (including phenoxy) is 2. The standard InChI is InChI=1S/C15H16FN3O4S/c1-22-14-6-7-15(18-17-14)23-11-8-9-19(10-11)24(20,21)13-5-3-2-4-12(13)16/h2-7,11H,8-10H2,1H3. The summed E-state index contributed by atoms with van der Waals surface area (Å²) in [5, 5.41) is 7.63. The lowest BCUT2D eigenvalue weighted by molar-refractivity contribution is 0.203. The van der Waals surface area contributed by atoms with Crippen LogP contribution in [0, 0.1) is 5.82 Å². The number of hydrogen-bond acceptors (Lipinski definition) is 6. The summed E-state index contributed by atoms with van der Waals surface area (Å²) in [7, 11) is -2.40. The summed E-state index contributed by atoms with van der Waals surface area (Å²) >= 11 is 0. The molecule has 0 spiro atoms. The fourth-order valence-corrected chi connectivity index (χ4v) is 4.01. The summed E-state index contributed by atoms with van der Waals surface area (Å²) in [6, 6.07) is 8.53. The maximum atomic E-state index is 13.8. The lowest BCUT2D eigenvalue weighted by Crippen LogP contribution is -2.31. The highest BCUT2D eigenvalue weighted by Crippen LogP contribution is 2.25. The van der Waals surface area contributed by atoms with Gasteiger partial charge in [0.2, 0.25) is 21.8 Å². The number of hydrogen-bond donors (Lipinski definition) is 0. The van der Waals surface area contributed by atoms with Crippen LogP contribution in [0.3, 0.4) is 0 Å². The van der Waals surface area contributed by atoms with Crippen LogP contribution in [-0.2, 0) is 10.0 Å². The molecule has 1 aliphatic heterocycles. The molecule has 128 valence electrons. The van der Waals surface area contributed by atoms with Crippen LogP contribution in [0.4, 0.5) is 4.39 Å². The molecule has 3 rings (SSSR count). The molecule has 0 aliphatic carbocycles. The van der Waals surface area contributed by atoms with E-state index in [0.29, 0.717) is 12.3 Å². The van der Waals surface area contributed by atoms with Gasteiger partial charge in [-0.05, 0) is 18.6 Å². The second kappa shape index (κ2) is 6.70. The molecular weight excluding hydrogens is 337 g/mol. The van der Waals surface area contributed by atoms with Crippen LogP contribution in [0.15, 0.2) is 41.3 Å². The average Bonchev–Trinajstić information content (AvgIpc) is 3.05. The zero-order valence-electron chi connectivity index (χ0n) is 12.9. The zero-order valence-corrected chi connectivity index (χ0v) is 13.7. The minimum Gasteiger partial charge on any atom is -0.480 e. The van der Waals surface area contributed by atoms with Gasteiger partial charge in [0.25, 0.3) is 0 Å². The van der Waals surface area contributed by atoms with Crippen molar-refractivity contribution in [3.8, 4) is 11.8 Å². The first-order chi connectivity index (χ1) is 11.5. The van der Waals surface area contributed by atoms with Crippen molar-refractivity contribution in [2.75, 3.05) is 20.2 Å². The van der Waals surface area contributed by atoms with E-state index in [0.717, 1.165) is 6.07 Å². The number of aromatic nitrogens is 2. The van der Waals surface area contributed by atoms with Crippen molar-refractivity contribution >= 4 is 10.0 Å². The Morgan fingerprint density at radius 2 is 1.88 bits per heavy atom. The monoisotopic (exact) mass is 353 g/mol. The highest BCUT2D eigenvalue weighted by Gasteiger charge is 2.35. The number of benzene rings is 1. The summed E-state index contributed by atoms with van der Waals surface area (Å²) in [6.07, 6.45) is 0.121. The molecule has 2 heterocycles. The molecular formula is C15H16FN3O4S. The topological polar surface area (TPSA) is 81.6 Å². The minimum atomic E-state index is -3.88. The van der Waals surface area contributed by atoms with E-state index >= 15 is 0 Å². The largest absolute Gasteiger partial charge is 0.480 e. The maximum absolute atomic E-state index is 13.8. The number of sulfonamides is 1. The van der Waals surface area contributed by atoms with Gasteiger partial charge in [-0.25, -0.2) is 12.8 Å². The van der Waals surface area contributed by atoms with Crippen molar-refractivity contribution < 1.29 is 22.3 Å².